The molecule has 39 heavy (non-hydrogen) atoms. The number of benzene rings is 3. The van der Waals surface area contributed by atoms with Crippen LogP contribution in [-0.4, -0.2) is 79.1 Å². The van der Waals surface area contributed by atoms with Gasteiger partial charge < -0.3 is 29.5 Å². The number of nitrogens with zero attached hydrogens (tertiary/aromatic N) is 2. The SMILES string of the molecule is CN(CNC(=O)c1ccc(O)c(Cl)c1)Cc1ccc(OCC(=O)N2CCC3(CC2)OCCO3)c2ccccc12. The average molecular weight is 554 g/mol. The molecule has 1 spiro atoms. The van der Waals surface area contributed by atoms with Crippen LogP contribution >= 0.6 is 11.6 Å². The van der Waals surface area contributed by atoms with Gasteiger partial charge in [0.15, 0.2) is 12.4 Å². The van der Waals surface area contributed by atoms with Crippen molar-refractivity contribution in [1.29, 1.82) is 0 Å². The molecule has 206 valence electrons. The highest BCUT2D eigenvalue weighted by Gasteiger charge is 2.40. The number of halogens is 1. The van der Waals surface area contributed by atoms with Gasteiger partial charge in [-0.1, -0.05) is 41.9 Å². The number of ether oxygens (including phenoxy) is 3. The van der Waals surface area contributed by atoms with Gasteiger partial charge in [-0.25, -0.2) is 0 Å². The molecule has 2 N–H and O–H groups in total. The summed E-state index contributed by atoms with van der Waals surface area (Å²) in [7, 11) is 1.91. The number of piperidine rings is 1. The molecule has 2 saturated heterocycles. The third kappa shape index (κ3) is 6.28. The molecule has 10 heteroatoms. The topological polar surface area (TPSA) is 101 Å². The molecular weight excluding hydrogens is 522 g/mol. The average Bonchev–Trinajstić information content (AvgIpc) is 3.40. The van der Waals surface area contributed by atoms with Gasteiger partial charge in [0.2, 0.25) is 0 Å². The predicted molar refractivity (Wildman–Crippen MR) is 147 cm³/mol. The molecule has 0 bridgehead atoms. The second-order valence-corrected chi connectivity index (χ2v) is 10.3. The number of phenolic OH excluding ortho intramolecular Hbond substituents is 1. The fraction of sp³-hybridized carbons (Fsp3) is 0.379. The number of rotatable bonds is 8. The Morgan fingerprint density at radius 1 is 1.08 bits per heavy atom. The number of aromatic hydroxyl groups is 1. The Bertz CT molecular complexity index is 1350. The van der Waals surface area contributed by atoms with Gasteiger partial charge in [0.25, 0.3) is 11.8 Å². The van der Waals surface area contributed by atoms with Crippen molar-refractivity contribution in [2.75, 3.05) is 46.6 Å². The number of fused-ring (bicyclic) bond motifs is 1. The standard InChI is InChI=1S/C29H32ClN3O6/c1-32(19-31-28(36)20-6-8-25(34)24(30)16-20)17-21-7-9-26(23-5-3-2-4-22(21)23)37-18-27(35)33-12-10-29(11-13-33)38-14-15-39-29/h2-9,16,34H,10-15,17-19H2,1H3,(H,31,36). The molecule has 3 aromatic carbocycles. The lowest BCUT2D eigenvalue weighted by Crippen LogP contribution is -2.48. The van der Waals surface area contributed by atoms with E-state index >= 15 is 0 Å². The highest BCUT2D eigenvalue weighted by Crippen LogP contribution is 2.32. The summed E-state index contributed by atoms with van der Waals surface area (Å²) < 4.78 is 17.5. The zero-order chi connectivity index (χ0) is 27.4. The Morgan fingerprint density at radius 2 is 1.79 bits per heavy atom. The van der Waals surface area contributed by atoms with Crippen molar-refractivity contribution in [2.45, 2.75) is 25.2 Å². The van der Waals surface area contributed by atoms with Gasteiger partial charge in [-0.2, -0.15) is 0 Å². The van der Waals surface area contributed by atoms with E-state index in [0.717, 1.165) is 16.3 Å². The number of phenols is 1. The van der Waals surface area contributed by atoms with Crippen LogP contribution in [0.2, 0.25) is 5.02 Å². The maximum absolute atomic E-state index is 12.8. The molecule has 3 aromatic rings. The summed E-state index contributed by atoms with van der Waals surface area (Å²) in [6.45, 7) is 3.25. The van der Waals surface area contributed by atoms with E-state index in [0.29, 0.717) is 63.7 Å². The quantitative estimate of drug-likeness (QED) is 0.410. The van der Waals surface area contributed by atoms with Crippen LogP contribution in [0.3, 0.4) is 0 Å². The number of carbonyl (C=O) groups is 2. The Morgan fingerprint density at radius 3 is 2.51 bits per heavy atom. The maximum Gasteiger partial charge on any atom is 0.260 e. The van der Waals surface area contributed by atoms with Crippen LogP contribution in [0.15, 0.2) is 54.6 Å². The highest BCUT2D eigenvalue weighted by atomic mass is 35.5. The largest absolute Gasteiger partial charge is 0.506 e. The molecule has 2 heterocycles. The molecule has 2 aliphatic rings. The van der Waals surface area contributed by atoms with Crippen molar-refractivity contribution in [2.24, 2.45) is 0 Å². The number of amides is 2. The second-order valence-electron chi connectivity index (χ2n) is 9.89. The Balaban J connectivity index is 1.18. The van der Waals surface area contributed by atoms with Crippen molar-refractivity contribution in [3.05, 3.63) is 70.7 Å². The number of likely N-dealkylation sites (tertiary alicyclic amines) is 1. The van der Waals surface area contributed by atoms with E-state index in [9.17, 15) is 14.7 Å². The van der Waals surface area contributed by atoms with Crippen LogP contribution in [0, 0.1) is 0 Å². The highest BCUT2D eigenvalue weighted by molar-refractivity contribution is 6.32. The maximum atomic E-state index is 12.8. The molecule has 9 nitrogen and oxygen atoms in total. The molecule has 0 saturated carbocycles. The predicted octanol–water partition coefficient (Wildman–Crippen LogP) is 3.76. The van der Waals surface area contributed by atoms with Gasteiger partial charge in [-0.05, 0) is 42.3 Å². The summed E-state index contributed by atoms with van der Waals surface area (Å²) in [5.41, 5.74) is 1.43. The third-order valence-corrected chi connectivity index (χ3v) is 7.48. The Hall–Kier alpha value is -3.37. The van der Waals surface area contributed by atoms with Crippen molar-refractivity contribution < 1.29 is 28.9 Å². The summed E-state index contributed by atoms with van der Waals surface area (Å²) >= 11 is 5.92. The summed E-state index contributed by atoms with van der Waals surface area (Å²) in [6, 6.07) is 16.1. The molecule has 2 aliphatic heterocycles. The summed E-state index contributed by atoms with van der Waals surface area (Å²) in [6.07, 6.45) is 1.35. The van der Waals surface area contributed by atoms with Gasteiger partial charge in [-0.3, -0.25) is 14.5 Å². The lowest BCUT2D eigenvalue weighted by atomic mass is 10.0. The molecule has 2 fully saturated rings. The monoisotopic (exact) mass is 553 g/mol. The van der Waals surface area contributed by atoms with E-state index in [1.54, 1.807) is 0 Å². The smallest absolute Gasteiger partial charge is 0.260 e. The molecule has 0 aromatic heterocycles. The number of carbonyl (C=O) groups excluding carboxylic acids is 2. The second kappa shape index (κ2) is 11.8. The van der Waals surface area contributed by atoms with Gasteiger partial charge in [0.1, 0.15) is 11.5 Å². The minimum atomic E-state index is -0.515. The Kier molecular flexibility index (Phi) is 8.23. The summed E-state index contributed by atoms with van der Waals surface area (Å²) in [5, 5.41) is 14.5. The zero-order valence-electron chi connectivity index (χ0n) is 21.8. The minimum absolute atomic E-state index is 0.0364. The van der Waals surface area contributed by atoms with Crippen molar-refractivity contribution in [3.8, 4) is 11.5 Å². The summed E-state index contributed by atoms with van der Waals surface area (Å²) in [4.78, 5) is 29.1. The summed E-state index contributed by atoms with van der Waals surface area (Å²) in [5.74, 6) is -0.267. The van der Waals surface area contributed by atoms with Crippen LogP contribution in [0.4, 0.5) is 0 Å². The van der Waals surface area contributed by atoms with E-state index in [1.165, 1.54) is 18.2 Å². The van der Waals surface area contributed by atoms with Crippen molar-refractivity contribution in [3.63, 3.8) is 0 Å². The fourth-order valence-corrected chi connectivity index (χ4v) is 5.20. The number of hydrogen-bond acceptors (Lipinski definition) is 7. The molecular formula is C29H32ClN3O6. The van der Waals surface area contributed by atoms with Gasteiger partial charge in [-0.15, -0.1) is 0 Å². The first kappa shape index (κ1) is 27.2. The molecule has 2 amide bonds. The van der Waals surface area contributed by atoms with E-state index in [-0.39, 0.29) is 29.2 Å². The first-order chi connectivity index (χ1) is 18.8. The van der Waals surface area contributed by atoms with E-state index in [2.05, 4.69) is 5.32 Å². The normalized spacial score (nSPS) is 16.6. The lowest BCUT2D eigenvalue weighted by molar-refractivity contribution is -0.187. The van der Waals surface area contributed by atoms with Crippen LogP contribution in [0.1, 0.15) is 28.8 Å². The van der Waals surface area contributed by atoms with Crippen molar-refractivity contribution >= 4 is 34.2 Å². The van der Waals surface area contributed by atoms with Crippen LogP contribution in [-0.2, 0) is 20.8 Å². The van der Waals surface area contributed by atoms with Gasteiger partial charge in [0.05, 0.1) is 24.9 Å². The van der Waals surface area contributed by atoms with E-state index < -0.39 is 5.79 Å². The minimum Gasteiger partial charge on any atom is -0.506 e. The van der Waals surface area contributed by atoms with Gasteiger partial charge in [0, 0.05) is 43.4 Å². The molecule has 0 radical (unpaired) electrons. The van der Waals surface area contributed by atoms with E-state index in [1.807, 2.05) is 53.2 Å². The Labute approximate surface area is 232 Å². The lowest BCUT2D eigenvalue weighted by Gasteiger charge is -2.37. The number of hydrogen-bond donors (Lipinski definition) is 2. The third-order valence-electron chi connectivity index (χ3n) is 7.18. The van der Waals surface area contributed by atoms with Gasteiger partial charge >= 0.3 is 0 Å². The first-order valence-corrected chi connectivity index (χ1v) is 13.4. The fourth-order valence-electron chi connectivity index (χ4n) is 5.01. The molecule has 0 atom stereocenters. The van der Waals surface area contributed by atoms with Crippen LogP contribution in [0.25, 0.3) is 10.8 Å². The zero-order valence-corrected chi connectivity index (χ0v) is 22.6. The number of nitrogens with one attached hydrogen (secondary N) is 1. The molecule has 0 unspecified atom stereocenters. The van der Waals surface area contributed by atoms with Crippen LogP contribution in [0.5, 0.6) is 11.5 Å². The molecule has 0 aliphatic carbocycles. The van der Waals surface area contributed by atoms with E-state index in [4.69, 9.17) is 25.8 Å². The molecule has 5 rings (SSSR count). The van der Waals surface area contributed by atoms with Crippen LogP contribution < -0.4 is 10.1 Å². The van der Waals surface area contributed by atoms with Crippen molar-refractivity contribution in [1.82, 2.24) is 15.1 Å². The first-order valence-electron chi connectivity index (χ1n) is 13.0.